The minimum absolute atomic E-state index is 0.207. The van der Waals surface area contributed by atoms with E-state index in [1.54, 1.807) is 0 Å². The third-order valence-electron chi connectivity index (χ3n) is 3.34. The van der Waals surface area contributed by atoms with E-state index >= 15 is 0 Å². The Bertz CT molecular complexity index is 560. The molecule has 94 valence electrons. The molecular formula is C15H19N2O+. The van der Waals surface area contributed by atoms with E-state index in [9.17, 15) is 4.79 Å². The third-order valence-corrected chi connectivity index (χ3v) is 3.34. The van der Waals surface area contributed by atoms with Crippen molar-refractivity contribution in [2.24, 2.45) is 5.73 Å². The predicted octanol–water partition coefficient (Wildman–Crippen LogP) is 1.34. The largest absolute Gasteiger partial charge is 0.365 e. The number of hydrogen-bond acceptors (Lipinski definition) is 1. The van der Waals surface area contributed by atoms with Gasteiger partial charge < -0.3 is 11.1 Å². The van der Waals surface area contributed by atoms with Gasteiger partial charge in [0.2, 0.25) is 0 Å². The lowest BCUT2D eigenvalue weighted by Gasteiger charge is -2.16. The molecule has 0 aromatic heterocycles. The van der Waals surface area contributed by atoms with Crippen molar-refractivity contribution in [3.8, 4) is 0 Å². The van der Waals surface area contributed by atoms with Crippen LogP contribution in [0.5, 0.6) is 0 Å². The summed E-state index contributed by atoms with van der Waals surface area (Å²) >= 11 is 0. The lowest BCUT2D eigenvalue weighted by molar-refractivity contribution is -0.709. The first-order chi connectivity index (χ1) is 8.59. The lowest BCUT2D eigenvalue weighted by Crippen LogP contribution is -2.92. The number of carbonyl (C=O) groups excluding carboxylic acids is 1. The van der Waals surface area contributed by atoms with Gasteiger partial charge in [0.1, 0.15) is 6.04 Å². The highest BCUT2D eigenvalue weighted by Gasteiger charge is 2.18. The van der Waals surface area contributed by atoms with Crippen LogP contribution >= 0.6 is 0 Å². The maximum Gasteiger partial charge on any atom is 0.275 e. The Morgan fingerprint density at radius 1 is 1.11 bits per heavy atom. The normalized spacial score (nSPS) is 14.3. The minimum Gasteiger partial charge on any atom is -0.365 e. The summed E-state index contributed by atoms with van der Waals surface area (Å²) in [4.78, 5) is 11.1. The summed E-state index contributed by atoms with van der Waals surface area (Å²) in [5.74, 6) is -0.276. The van der Waals surface area contributed by atoms with Crippen LogP contribution in [0.1, 0.15) is 25.5 Å². The van der Waals surface area contributed by atoms with Crippen LogP contribution < -0.4 is 11.1 Å². The van der Waals surface area contributed by atoms with E-state index in [1.807, 2.05) is 24.4 Å². The number of amides is 1. The van der Waals surface area contributed by atoms with E-state index in [2.05, 4.69) is 37.3 Å². The van der Waals surface area contributed by atoms with E-state index in [0.717, 1.165) is 0 Å². The van der Waals surface area contributed by atoms with Gasteiger partial charge in [0, 0.05) is 5.56 Å². The fourth-order valence-electron chi connectivity index (χ4n) is 2.28. The van der Waals surface area contributed by atoms with E-state index in [-0.39, 0.29) is 18.0 Å². The Morgan fingerprint density at radius 2 is 1.78 bits per heavy atom. The van der Waals surface area contributed by atoms with E-state index in [4.69, 9.17) is 5.73 Å². The first kappa shape index (κ1) is 12.6. The number of nitrogens with two attached hydrogens (primary N) is 2. The number of hydrogen-bond donors (Lipinski definition) is 2. The molecule has 3 heteroatoms. The van der Waals surface area contributed by atoms with Crippen molar-refractivity contribution in [1.29, 1.82) is 0 Å². The van der Waals surface area contributed by atoms with Crippen LogP contribution in [0.3, 0.4) is 0 Å². The van der Waals surface area contributed by atoms with Crippen molar-refractivity contribution in [3.63, 3.8) is 0 Å². The van der Waals surface area contributed by atoms with E-state index in [0.29, 0.717) is 0 Å². The van der Waals surface area contributed by atoms with Gasteiger partial charge in [0.25, 0.3) is 5.91 Å². The average molecular weight is 243 g/mol. The van der Waals surface area contributed by atoms with Crippen molar-refractivity contribution >= 4 is 16.7 Å². The zero-order chi connectivity index (χ0) is 13.1. The Hall–Kier alpha value is -1.87. The third kappa shape index (κ3) is 2.51. The van der Waals surface area contributed by atoms with Crippen LogP contribution in [-0.4, -0.2) is 11.9 Å². The van der Waals surface area contributed by atoms with Gasteiger partial charge in [-0.3, -0.25) is 4.79 Å². The van der Waals surface area contributed by atoms with Crippen LogP contribution in [0, 0.1) is 0 Å². The molecular weight excluding hydrogens is 224 g/mol. The zero-order valence-corrected chi connectivity index (χ0v) is 10.8. The van der Waals surface area contributed by atoms with Gasteiger partial charge in [-0.05, 0) is 24.6 Å². The molecule has 3 nitrogen and oxygen atoms in total. The molecule has 0 fully saturated rings. The number of carbonyl (C=O) groups is 1. The Balaban J connectivity index is 2.33. The van der Waals surface area contributed by atoms with Crippen LogP contribution in [0.2, 0.25) is 0 Å². The second-order valence-corrected chi connectivity index (χ2v) is 4.74. The number of primary amides is 1. The maximum atomic E-state index is 11.1. The Morgan fingerprint density at radius 3 is 2.50 bits per heavy atom. The molecule has 0 spiro atoms. The fourth-order valence-corrected chi connectivity index (χ4v) is 2.28. The molecule has 2 aromatic carbocycles. The maximum absolute atomic E-state index is 11.1. The van der Waals surface area contributed by atoms with Crippen LogP contribution in [-0.2, 0) is 4.79 Å². The predicted molar refractivity (Wildman–Crippen MR) is 72.9 cm³/mol. The standard InChI is InChI=1S/C15H18N2O/c1-10(17-11(2)15(16)18)13-9-5-7-12-6-3-4-8-14(12)13/h3-11,17H,1-2H3,(H2,16,18)/p+1/t10-,11+/m0/s1. The van der Waals surface area contributed by atoms with E-state index in [1.165, 1.54) is 16.3 Å². The fraction of sp³-hybridized carbons (Fsp3) is 0.267. The Labute approximate surface area is 107 Å². The summed E-state index contributed by atoms with van der Waals surface area (Å²) in [6.45, 7) is 3.94. The summed E-state index contributed by atoms with van der Waals surface area (Å²) in [6, 6.07) is 14.5. The molecule has 0 bridgehead atoms. The average Bonchev–Trinajstić information content (AvgIpc) is 2.37. The molecule has 0 aliphatic rings. The van der Waals surface area contributed by atoms with Crippen LogP contribution in [0.4, 0.5) is 0 Å². The topological polar surface area (TPSA) is 59.7 Å². The number of rotatable bonds is 4. The number of benzene rings is 2. The van der Waals surface area contributed by atoms with Gasteiger partial charge in [-0.25, -0.2) is 0 Å². The molecule has 0 heterocycles. The number of fused-ring (bicyclic) bond motifs is 1. The summed E-state index contributed by atoms with van der Waals surface area (Å²) in [5, 5.41) is 4.46. The van der Waals surface area contributed by atoms with Crippen LogP contribution in [0.25, 0.3) is 10.8 Å². The summed E-state index contributed by atoms with van der Waals surface area (Å²) in [7, 11) is 0. The van der Waals surface area contributed by atoms with Gasteiger partial charge in [0.15, 0.2) is 6.04 Å². The molecule has 0 saturated carbocycles. The van der Waals surface area contributed by atoms with Crippen molar-refractivity contribution in [2.45, 2.75) is 25.9 Å². The second-order valence-electron chi connectivity index (χ2n) is 4.74. The van der Waals surface area contributed by atoms with Crippen LogP contribution in [0.15, 0.2) is 42.5 Å². The lowest BCUT2D eigenvalue weighted by atomic mass is 9.99. The monoisotopic (exact) mass is 243 g/mol. The molecule has 18 heavy (non-hydrogen) atoms. The molecule has 0 radical (unpaired) electrons. The SMILES string of the molecule is C[C@H]([NH2+][C@H](C)C(N)=O)c1cccc2ccccc12. The number of quaternary nitrogens is 1. The molecule has 0 aliphatic carbocycles. The van der Waals surface area contributed by atoms with Crippen molar-refractivity contribution in [2.75, 3.05) is 0 Å². The molecule has 4 N–H and O–H groups in total. The van der Waals surface area contributed by atoms with Gasteiger partial charge in [0.05, 0.1) is 0 Å². The summed E-state index contributed by atoms with van der Waals surface area (Å²) in [6.07, 6.45) is 0. The van der Waals surface area contributed by atoms with Crippen molar-refractivity contribution in [3.05, 3.63) is 48.0 Å². The van der Waals surface area contributed by atoms with Gasteiger partial charge in [-0.2, -0.15) is 0 Å². The molecule has 0 unspecified atom stereocenters. The highest BCUT2D eigenvalue weighted by Crippen LogP contribution is 2.22. The van der Waals surface area contributed by atoms with Gasteiger partial charge in [-0.15, -0.1) is 0 Å². The highest BCUT2D eigenvalue weighted by molar-refractivity contribution is 5.86. The molecule has 2 rings (SSSR count). The zero-order valence-electron chi connectivity index (χ0n) is 10.8. The minimum atomic E-state index is -0.276. The molecule has 1 amide bonds. The second kappa shape index (κ2) is 5.19. The smallest absolute Gasteiger partial charge is 0.275 e. The summed E-state index contributed by atoms with van der Waals surface area (Å²) in [5.41, 5.74) is 6.54. The first-order valence-corrected chi connectivity index (χ1v) is 6.21. The Kier molecular flexibility index (Phi) is 3.63. The van der Waals surface area contributed by atoms with Crippen molar-refractivity contribution in [1.82, 2.24) is 0 Å². The first-order valence-electron chi connectivity index (χ1n) is 6.21. The molecule has 0 aliphatic heterocycles. The van der Waals surface area contributed by atoms with Crippen molar-refractivity contribution < 1.29 is 10.1 Å². The molecule has 2 atom stereocenters. The highest BCUT2D eigenvalue weighted by atomic mass is 16.1. The van der Waals surface area contributed by atoms with Gasteiger partial charge >= 0.3 is 0 Å². The van der Waals surface area contributed by atoms with Gasteiger partial charge in [-0.1, -0.05) is 42.5 Å². The van der Waals surface area contributed by atoms with E-state index < -0.39 is 0 Å². The summed E-state index contributed by atoms with van der Waals surface area (Å²) < 4.78 is 0. The molecule has 2 aromatic rings. The quantitative estimate of drug-likeness (QED) is 0.836. The molecule has 0 saturated heterocycles.